The van der Waals surface area contributed by atoms with E-state index in [-0.39, 0.29) is 5.41 Å². The highest BCUT2D eigenvalue weighted by molar-refractivity contribution is 7.74. The molecule has 0 unspecified atom stereocenters. The van der Waals surface area contributed by atoms with E-state index in [0.29, 0.717) is 0 Å². The summed E-state index contributed by atoms with van der Waals surface area (Å²) in [6.45, 7) is 11.1. The van der Waals surface area contributed by atoms with Crippen LogP contribution >= 0.6 is 7.21 Å². The maximum Gasteiger partial charge on any atom is 0.0897 e. The van der Waals surface area contributed by atoms with E-state index in [1.54, 1.807) is 0 Å². The third-order valence-electron chi connectivity index (χ3n) is 6.56. The van der Waals surface area contributed by atoms with Crippen molar-refractivity contribution in [2.45, 2.75) is 33.1 Å². The zero-order valence-corrected chi connectivity index (χ0v) is 20.8. The van der Waals surface area contributed by atoms with E-state index in [9.17, 15) is 0 Å². The van der Waals surface area contributed by atoms with Crippen LogP contribution in [0.5, 0.6) is 0 Å². The molecule has 0 amide bonds. The van der Waals surface area contributed by atoms with Gasteiger partial charge in [0.05, 0.1) is 12.9 Å². The van der Waals surface area contributed by atoms with Crippen molar-refractivity contribution in [3.05, 3.63) is 102 Å². The number of nitrogens with zero attached hydrogens (tertiary/aromatic N) is 3. The molecule has 0 saturated heterocycles. The second-order valence-electron chi connectivity index (χ2n) is 8.77. The summed E-state index contributed by atoms with van der Waals surface area (Å²) in [5.74, 6) is 2.52. The lowest BCUT2D eigenvalue weighted by atomic mass is 9.84. The lowest BCUT2D eigenvalue weighted by molar-refractivity contribution is 0.508. The molecular formula is C28H34N3P. The molecule has 1 atom stereocenters. The van der Waals surface area contributed by atoms with Gasteiger partial charge in [0.2, 0.25) is 0 Å². The number of hydrogen-bond acceptors (Lipinski definition) is 2. The molecule has 0 fully saturated rings. The fraction of sp³-hybridized carbons (Fsp3) is 0.286. The van der Waals surface area contributed by atoms with Gasteiger partial charge < -0.3 is 4.90 Å². The quantitative estimate of drug-likeness (QED) is 0.370. The normalized spacial score (nSPS) is 17.9. The van der Waals surface area contributed by atoms with E-state index in [1.165, 1.54) is 22.3 Å². The van der Waals surface area contributed by atoms with Gasteiger partial charge >= 0.3 is 0 Å². The highest BCUT2D eigenvalue weighted by Crippen LogP contribution is 2.59. The van der Waals surface area contributed by atoms with Crippen LogP contribution in [0, 0.1) is 0 Å². The summed E-state index contributed by atoms with van der Waals surface area (Å²) in [6.07, 6.45) is 0. The fourth-order valence-electron chi connectivity index (χ4n) is 4.84. The molecule has 0 saturated carbocycles. The Kier molecular flexibility index (Phi) is 6.42. The first-order valence-corrected chi connectivity index (χ1v) is 13.2. The van der Waals surface area contributed by atoms with Crippen molar-refractivity contribution in [1.82, 2.24) is 4.67 Å². The van der Waals surface area contributed by atoms with Crippen LogP contribution in [0.15, 0.2) is 101 Å². The van der Waals surface area contributed by atoms with Gasteiger partial charge in [0.25, 0.3) is 0 Å². The Labute approximate surface area is 193 Å². The molecule has 0 radical (unpaired) electrons. The first-order valence-electron chi connectivity index (χ1n) is 11.5. The minimum Gasteiger partial charge on any atom is -0.347 e. The third kappa shape index (κ3) is 3.85. The summed E-state index contributed by atoms with van der Waals surface area (Å²) < 4.78 is 8.13. The van der Waals surface area contributed by atoms with E-state index in [1.807, 2.05) is 0 Å². The number of allylic oxidation sites excluding steroid dienone is 1. The number of para-hydroxylation sites is 1. The van der Waals surface area contributed by atoms with Gasteiger partial charge in [0.15, 0.2) is 0 Å². The lowest BCUT2D eigenvalue weighted by Crippen LogP contribution is -2.28. The number of anilines is 1. The van der Waals surface area contributed by atoms with Crippen molar-refractivity contribution in [3.8, 4) is 0 Å². The second kappa shape index (κ2) is 9.10. The van der Waals surface area contributed by atoms with Gasteiger partial charge in [0.1, 0.15) is 0 Å². The zero-order chi connectivity index (χ0) is 22.8. The summed E-state index contributed by atoms with van der Waals surface area (Å²) >= 11 is 0. The molecule has 0 aromatic heterocycles. The molecular weight excluding hydrogens is 409 g/mol. The predicted octanol–water partition coefficient (Wildman–Crippen LogP) is 7.37. The van der Waals surface area contributed by atoms with Gasteiger partial charge in [-0.2, -0.15) is 0 Å². The maximum absolute atomic E-state index is 5.56. The van der Waals surface area contributed by atoms with Crippen LogP contribution in [0.25, 0.3) is 0 Å². The predicted molar refractivity (Wildman–Crippen MR) is 140 cm³/mol. The van der Waals surface area contributed by atoms with E-state index in [4.69, 9.17) is 4.74 Å². The standard InChI is InChI=1S/C28H34N3P/c1-6-31(7-2)32(24-18-12-9-13-19-24,29-23-16-10-8-11-17-23)22-27-28(3,4)25-20-14-15-21-26(25)30(27)5/h8-22H,6-7H2,1-5H3/b27-22+/t32-/m0/s1. The summed E-state index contributed by atoms with van der Waals surface area (Å²) in [6, 6.07) is 30.1. The van der Waals surface area contributed by atoms with Crippen molar-refractivity contribution < 1.29 is 0 Å². The van der Waals surface area contributed by atoms with Crippen LogP contribution < -0.4 is 10.2 Å². The molecule has 166 valence electrons. The molecule has 3 aromatic carbocycles. The number of hydrogen-bond donors (Lipinski definition) is 0. The van der Waals surface area contributed by atoms with E-state index in [2.05, 4.69) is 135 Å². The number of benzene rings is 3. The molecule has 0 spiro atoms. The largest absolute Gasteiger partial charge is 0.347 e. The van der Waals surface area contributed by atoms with Gasteiger partial charge in [-0.05, 0) is 29.6 Å². The molecule has 0 bridgehead atoms. The number of fused-ring (bicyclic) bond motifs is 1. The van der Waals surface area contributed by atoms with Crippen LogP contribution in [-0.4, -0.2) is 24.8 Å². The van der Waals surface area contributed by atoms with E-state index in [0.717, 1.165) is 18.8 Å². The Balaban J connectivity index is 2.06. The molecule has 0 N–H and O–H groups in total. The zero-order valence-electron chi connectivity index (χ0n) is 19.9. The molecule has 1 aliphatic rings. The Morgan fingerprint density at radius 3 is 2.00 bits per heavy atom. The van der Waals surface area contributed by atoms with Gasteiger partial charge in [-0.15, -0.1) is 0 Å². The minimum absolute atomic E-state index is 0.0925. The Morgan fingerprint density at radius 1 is 0.844 bits per heavy atom. The van der Waals surface area contributed by atoms with Crippen molar-refractivity contribution in [3.63, 3.8) is 0 Å². The fourth-order valence-corrected chi connectivity index (χ4v) is 8.58. The summed E-state index contributed by atoms with van der Waals surface area (Å²) in [5, 5.41) is 1.29. The van der Waals surface area contributed by atoms with Crippen molar-refractivity contribution in [2.24, 2.45) is 4.74 Å². The molecule has 3 nitrogen and oxygen atoms in total. The van der Waals surface area contributed by atoms with Crippen molar-refractivity contribution in [2.75, 3.05) is 25.0 Å². The Morgan fingerprint density at radius 2 is 1.41 bits per heavy atom. The van der Waals surface area contributed by atoms with E-state index < -0.39 is 7.21 Å². The first kappa shape index (κ1) is 22.6. The topological polar surface area (TPSA) is 18.8 Å². The Hall–Kier alpha value is -2.61. The lowest BCUT2D eigenvalue weighted by Gasteiger charge is -2.36. The van der Waals surface area contributed by atoms with Crippen LogP contribution in [0.2, 0.25) is 0 Å². The number of likely N-dealkylation sites (N-methyl/N-ethyl adjacent to an activating group) is 1. The molecule has 1 aliphatic heterocycles. The molecule has 0 aliphatic carbocycles. The van der Waals surface area contributed by atoms with Gasteiger partial charge in [-0.3, -0.25) is 4.67 Å². The second-order valence-corrected chi connectivity index (χ2v) is 11.6. The summed E-state index contributed by atoms with van der Waals surface area (Å²) in [7, 11) is -0.0226. The highest BCUT2D eigenvalue weighted by Gasteiger charge is 2.40. The average Bonchev–Trinajstić information content (AvgIpc) is 3.01. The van der Waals surface area contributed by atoms with Gasteiger partial charge in [-0.25, -0.2) is 4.74 Å². The molecule has 4 rings (SSSR count). The molecule has 3 aromatic rings. The SMILES string of the molecule is CCN(CC)[P@](/C=C1/N(C)c2ccccc2C1(C)C)(=Nc1ccccc1)c1ccccc1. The van der Waals surface area contributed by atoms with Gasteiger partial charge in [-0.1, -0.05) is 94.4 Å². The minimum atomic E-state index is -2.22. The first-order chi connectivity index (χ1) is 15.4. The third-order valence-corrected chi connectivity index (χ3v) is 10.2. The summed E-state index contributed by atoms with van der Waals surface area (Å²) in [4.78, 5) is 2.37. The van der Waals surface area contributed by atoms with Crippen LogP contribution in [0.1, 0.15) is 33.3 Å². The van der Waals surface area contributed by atoms with Crippen molar-refractivity contribution in [1.29, 1.82) is 0 Å². The molecule has 4 heteroatoms. The van der Waals surface area contributed by atoms with E-state index >= 15 is 0 Å². The van der Waals surface area contributed by atoms with Crippen LogP contribution in [0.4, 0.5) is 11.4 Å². The average molecular weight is 444 g/mol. The highest BCUT2D eigenvalue weighted by atomic mass is 31.2. The Bertz CT molecular complexity index is 1150. The van der Waals surface area contributed by atoms with Crippen molar-refractivity contribution >= 4 is 23.9 Å². The molecule has 1 heterocycles. The summed E-state index contributed by atoms with van der Waals surface area (Å²) in [5.41, 5.74) is 4.92. The monoisotopic (exact) mass is 443 g/mol. The number of rotatable bonds is 6. The molecule has 32 heavy (non-hydrogen) atoms. The van der Waals surface area contributed by atoms with Gasteiger partial charge in [0, 0.05) is 42.2 Å². The maximum atomic E-state index is 5.56. The smallest absolute Gasteiger partial charge is 0.0897 e. The van der Waals surface area contributed by atoms with Crippen LogP contribution in [-0.2, 0) is 5.41 Å². The van der Waals surface area contributed by atoms with Crippen LogP contribution in [0.3, 0.4) is 0 Å².